The zero-order valence-electron chi connectivity index (χ0n) is 11.9. The Bertz CT molecular complexity index is 583. The smallest absolute Gasteiger partial charge is 0.140 e. The van der Waals surface area contributed by atoms with E-state index in [9.17, 15) is 0 Å². The van der Waals surface area contributed by atoms with E-state index in [1.54, 1.807) is 0 Å². The lowest BCUT2D eigenvalue weighted by Gasteiger charge is -2.35. The topological polar surface area (TPSA) is 0 Å². The van der Waals surface area contributed by atoms with Gasteiger partial charge in [-0.05, 0) is 30.5 Å². The van der Waals surface area contributed by atoms with Crippen LogP contribution < -0.4 is 0 Å². The second-order valence-corrected chi connectivity index (χ2v) is 5.13. The molecule has 0 bridgehead atoms. The molecule has 0 atom stereocenters. The molecular formula is C18H22N+. The third-order valence-electron chi connectivity index (χ3n) is 4.15. The highest BCUT2D eigenvalue weighted by Gasteiger charge is 2.23. The monoisotopic (exact) mass is 252 g/mol. The molecule has 0 aliphatic heterocycles. The Balaban J connectivity index is 2.42. The van der Waals surface area contributed by atoms with E-state index in [1.807, 2.05) is 0 Å². The van der Waals surface area contributed by atoms with Gasteiger partial charge in [-0.15, -0.1) is 6.42 Å². The van der Waals surface area contributed by atoms with Gasteiger partial charge in [-0.3, -0.25) is 0 Å². The predicted octanol–water partition coefficient (Wildman–Crippen LogP) is 3.83. The Labute approximate surface area is 116 Å². The minimum Gasteiger partial charge on any atom is -0.310 e. The molecular weight excluding hydrogens is 230 g/mol. The van der Waals surface area contributed by atoms with Gasteiger partial charge in [-0.25, -0.2) is 0 Å². The first-order valence-electron chi connectivity index (χ1n) is 7.00. The van der Waals surface area contributed by atoms with Gasteiger partial charge >= 0.3 is 0 Å². The molecule has 0 aliphatic carbocycles. The highest BCUT2D eigenvalue weighted by molar-refractivity contribution is 5.85. The van der Waals surface area contributed by atoms with E-state index in [-0.39, 0.29) is 0 Å². The van der Waals surface area contributed by atoms with Gasteiger partial charge in [-0.2, -0.15) is 0 Å². The number of nitrogens with zero attached hydrogens (tertiary/aromatic N) is 1. The van der Waals surface area contributed by atoms with E-state index in [0.717, 1.165) is 30.7 Å². The second-order valence-electron chi connectivity index (χ2n) is 5.13. The van der Waals surface area contributed by atoms with Gasteiger partial charge in [0, 0.05) is 5.56 Å². The van der Waals surface area contributed by atoms with Gasteiger partial charge in [-0.1, -0.05) is 42.5 Å². The molecule has 1 nitrogen and oxygen atoms in total. The van der Waals surface area contributed by atoms with Crippen molar-refractivity contribution in [1.82, 2.24) is 0 Å². The zero-order valence-corrected chi connectivity index (χ0v) is 11.9. The Morgan fingerprint density at radius 3 is 2.37 bits per heavy atom. The average Bonchev–Trinajstić information content (AvgIpc) is 2.47. The van der Waals surface area contributed by atoms with Crippen molar-refractivity contribution in [3.8, 4) is 12.3 Å². The minimum absolute atomic E-state index is 0.802. The van der Waals surface area contributed by atoms with E-state index >= 15 is 0 Å². The largest absolute Gasteiger partial charge is 0.310 e. The van der Waals surface area contributed by atoms with Crippen molar-refractivity contribution in [2.75, 3.05) is 19.6 Å². The number of rotatable bonds is 5. The molecule has 2 aromatic rings. The van der Waals surface area contributed by atoms with Crippen LogP contribution in [0.2, 0.25) is 0 Å². The van der Waals surface area contributed by atoms with Gasteiger partial charge in [0.2, 0.25) is 0 Å². The molecule has 0 saturated heterocycles. The lowest BCUT2D eigenvalue weighted by molar-refractivity contribution is -0.931. The zero-order chi connectivity index (χ0) is 13.7. The Morgan fingerprint density at radius 2 is 1.68 bits per heavy atom. The molecule has 0 aliphatic rings. The lowest BCUT2D eigenvalue weighted by atomic mass is 10.0. The van der Waals surface area contributed by atoms with Crippen LogP contribution >= 0.6 is 0 Å². The summed E-state index contributed by atoms with van der Waals surface area (Å²) in [4.78, 5) is 0. The number of terminal acetylenes is 1. The summed E-state index contributed by atoms with van der Waals surface area (Å²) in [5, 5.41) is 2.66. The molecule has 1 heteroatoms. The maximum atomic E-state index is 5.57. The Morgan fingerprint density at radius 1 is 1.00 bits per heavy atom. The van der Waals surface area contributed by atoms with Gasteiger partial charge in [0.05, 0.1) is 13.1 Å². The first kappa shape index (κ1) is 13.6. The second kappa shape index (κ2) is 5.91. The van der Waals surface area contributed by atoms with Gasteiger partial charge in [0.25, 0.3) is 0 Å². The summed E-state index contributed by atoms with van der Waals surface area (Å²) >= 11 is 0. The summed E-state index contributed by atoms with van der Waals surface area (Å²) in [6, 6.07) is 15.1. The van der Waals surface area contributed by atoms with Crippen molar-refractivity contribution < 1.29 is 4.48 Å². The molecule has 19 heavy (non-hydrogen) atoms. The summed E-state index contributed by atoms with van der Waals surface area (Å²) in [6.07, 6.45) is 5.57. The van der Waals surface area contributed by atoms with E-state index < -0.39 is 0 Å². The van der Waals surface area contributed by atoms with Crippen LogP contribution in [0.15, 0.2) is 42.5 Å². The van der Waals surface area contributed by atoms with Crippen molar-refractivity contribution in [2.24, 2.45) is 0 Å². The number of fused-ring (bicyclic) bond motifs is 1. The van der Waals surface area contributed by atoms with E-state index in [1.165, 1.54) is 16.3 Å². The van der Waals surface area contributed by atoms with E-state index in [4.69, 9.17) is 6.42 Å². The highest BCUT2D eigenvalue weighted by Crippen LogP contribution is 2.22. The highest BCUT2D eigenvalue weighted by atomic mass is 15.3. The molecule has 0 amide bonds. The van der Waals surface area contributed by atoms with Crippen LogP contribution in [0, 0.1) is 12.3 Å². The fraction of sp³-hybridized carbons (Fsp3) is 0.333. The van der Waals surface area contributed by atoms with Crippen molar-refractivity contribution in [3.05, 3.63) is 48.0 Å². The average molecular weight is 252 g/mol. The molecule has 0 unspecified atom stereocenters. The first-order chi connectivity index (χ1) is 9.24. The fourth-order valence-electron chi connectivity index (χ4n) is 2.71. The molecule has 0 N–H and O–H groups in total. The molecule has 0 aromatic heterocycles. The van der Waals surface area contributed by atoms with Crippen LogP contribution in [0.1, 0.15) is 19.4 Å². The predicted molar refractivity (Wildman–Crippen MR) is 82.7 cm³/mol. The van der Waals surface area contributed by atoms with Crippen LogP contribution in [0.4, 0.5) is 0 Å². The van der Waals surface area contributed by atoms with Gasteiger partial charge in [0.15, 0.2) is 0 Å². The third kappa shape index (κ3) is 2.80. The number of hydrogen-bond donors (Lipinski definition) is 0. The number of benzene rings is 2. The molecule has 0 heterocycles. The molecule has 2 aromatic carbocycles. The van der Waals surface area contributed by atoms with Gasteiger partial charge < -0.3 is 4.48 Å². The lowest BCUT2D eigenvalue weighted by Crippen LogP contribution is -2.47. The molecule has 0 fully saturated rings. The molecule has 2 rings (SSSR count). The maximum Gasteiger partial charge on any atom is 0.140 e. The quantitative estimate of drug-likeness (QED) is 0.560. The van der Waals surface area contributed by atoms with Crippen LogP contribution in [0.25, 0.3) is 10.8 Å². The van der Waals surface area contributed by atoms with Gasteiger partial charge in [0.1, 0.15) is 13.1 Å². The Kier molecular flexibility index (Phi) is 4.24. The van der Waals surface area contributed by atoms with E-state index in [2.05, 4.69) is 62.2 Å². The summed E-state index contributed by atoms with van der Waals surface area (Å²) in [6.45, 7) is 8.42. The van der Waals surface area contributed by atoms with Crippen LogP contribution in [0.5, 0.6) is 0 Å². The Hall–Kier alpha value is -1.78. The summed E-state index contributed by atoms with van der Waals surface area (Å²) in [5.74, 6) is 2.85. The molecule has 0 saturated carbocycles. The minimum atomic E-state index is 0.802. The van der Waals surface area contributed by atoms with Crippen molar-refractivity contribution >= 4 is 10.8 Å². The fourth-order valence-corrected chi connectivity index (χ4v) is 2.71. The van der Waals surface area contributed by atoms with Crippen molar-refractivity contribution in [3.63, 3.8) is 0 Å². The standard InChI is InChI=1S/C18H22N/c1-4-14-19(5-2,6-3)15-17-12-9-11-16-10-7-8-13-18(16)17/h1,7-13H,5-6,14-15H2,2-3H3/q+1. The summed E-state index contributed by atoms with van der Waals surface area (Å²) in [7, 11) is 0. The van der Waals surface area contributed by atoms with Crippen LogP contribution in [0.3, 0.4) is 0 Å². The SMILES string of the molecule is C#CC[N+](CC)(CC)Cc1cccc2ccccc12. The normalized spacial score (nSPS) is 11.4. The van der Waals surface area contributed by atoms with Crippen LogP contribution in [-0.4, -0.2) is 24.1 Å². The third-order valence-corrected chi connectivity index (χ3v) is 4.15. The van der Waals surface area contributed by atoms with E-state index in [0.29, 0.717) is 0 Å². The molecule has 98 valence electrons. The summed E-state index contributed by atoms with van der Waals surface area (Å²) in [5.41, 5.74) is 1.40. The summed E-state index contributed by atoms with van der Waals surface area (Å²) < 4.78 is 0.963. The molecule has 0 radical (unpaired) electrons. The maximum absolute atomic E-state index is 5.57. The number of quaternary nitrogens is 1. The first-order valence-corrected chi connectivity index (χ1v) is 7.00. The van der Waals surface area contributed by atoms with Crippen molar-refractivity contribution in [1.29, 1.82) is 0 Å². The molecule has 0 spiro atoms. The van der Waals surface area contributed by atoms with Crippen molar-refractivity contribution in [2.45, 2.75) is 20.4 Å². The number of hydrogen-bond acceptors (Lipinski definition) is 0. The van der Waals surface area contributed by atoms with Crippen LogP contribution in [-0.2, 0) is 6.54 Å².